The summed E-state index contributed by atoms with van der Waals surface area (Å²) >= 11 is 0. The van der Waals surface area contributed by atoms with Crippen molar-refractivity contribution in [1.29, 1.82) is 0 Å². The summed E-state index contributed by atoms with van der Waals surface area (Å²) in [5, 5.41) is 0. The minimum Gasteiger partial charge on any atom is -1.00 e. The van der Waals surface area contributed by atoms with E-state index in [0.717, 1.165) is 0 Å². The van der Waals surface area contributed by atoms with Crippen molar-refractivity contribution in [2.75, 3.05) is 0 Å². The predicted molar refractivity (Wildman–Crippen MR) is 0 cm³/mol. The van der Waals surface area contributed by atoms with Crippen LogP contribution in [0.25, 0.3) is 0 Å². The largest absolute Gasteiger partial charge is 3.00 e. The molecule has 5 heavy (non-hydrogen) atoms. The molecule has 0 aliphatic rings. The molecule has 0 atom stereocenters. The van der Waals surface area contributed by atoms with E-state index in [-0.39, 0.29) is 112 Å². The fourth-order valence-electron chi connectivity index (χ4n) is 0. The van der Waals surface area contributed by atoms with Crippen molar-refractivity contribution in [3.05, 3.63) is 0 Å². The van der Waals surface area contributed by atoms with Crippen LogP contribution < -0.4 is 37.2 Å². The van der Waals surface area contributed by atoms with Gasteiger partial charge in [-0.2, -0.15) is 0 Å². The summed E-state index contributed by atoms with van der Waals surface area (Å²) in [7, 11) is 0. The second-order valence-corrected chi connectivity index (χ2v) is 0. The Kier molecular flexibility index (Phi) is 212. The molecule has 28 valence electrons. The van der Waals surface area contributed by atoms with Gasteiger partial charge in [0.25, 0.3) is 0 Å². The molecule has 0 amide bonds. The monoisotopic (exact) mass is 334 g/mol. The second-order valence-electron chi connectivity index (χ2n) is 0. The molecular formula is CeCl3Y. The molecule has 0 saturated carbocycles. The first kappa shape index (κ1) is 40.2. The molecule has 0 aromatic carbocycles. The first-order chi connectivity index (χ1) is 0. The smallest absolute Gasteiger partial charge is 1.00 e. The number of rotatable bonds is 0. The molecule has 0 unspecified atom stereocenters. The van der Waals surface area contributed by atoms with Crippen molar-refractivity contribution in [1.82, 2.24) is 0 Å². The van der Waals surface area contributed by atoms with Crippen molar-refractivity contribution < 1.29 is 112 Å². The predicted octanol–water partition coefficient (Wildman–Crippen LogP) is -8.99. The van der Waals surface area contributed by atoms with Crippen LogP contribution in [0.1, 0.15) is 0 Å². The van der Waals surface area contributed by atoms with Gasteiger partial charge in [0.2, 0.25) is 0 Å². The molecule has 0 aliphatic heterocycles. The Bertz CT molecular complexity index is 6.85. The zero-order valence-corrected chi connectivity index (χ0v) is 10.5. The molecule has 0 heterocycles. The Hall–Kier alpha value is 3.35. The van der Waals surface area contributed by atoms with Crippen LogP contribution >= 0.6 is 0 Å². The van der Waals surface area contributed by atoms with E-state index in [1.165, 1.54) is 0 Å². The van der Waals surface area contributed by atoms with Gasteiger partial charge in [0.05, 0.1) is 0 Å². The summed E-state index contributed by atoms with van der Waals surface area (Å²) in [6.45, 7) is 0. The molecule has 0 fully saturated rings. The van der Waals surface area contributed by atoms with Crippen molar-refractivity contribution in [3.63, 3.8) is 0 Å². The third kappa shape index (κ3) is 18.7. The van der Waals surface area contributed by atoms with Crippen molar-refractivity contribution in [3.8, 4) is 0 Å². The van der Waals surface area contributed by atoms with Gasteiger partial charge in [0, 0.05) is 32.7 Å². The zero-order valence-electron chi connectivity index (χ0n) is 2.21. The molecule has 0 bridgehead atoms. The number of hydrogen-bond acceptors (Lipinski definition) is 0. The van der Waals surface area contributed by atoms with Gasteiger partial charge >= 0.3 is 41.7 Å². The van der Waals surface area contributed by atoms with E-state index in [1.54, 1.807) is 0 Å². The number of hydrogen-bond donors (Lipinski definition) is 0. The Labute approximate surface area is 109 Å². The Morgan fingerprint density at radius 2 is 0.600 bits per heavy atom. The van der Waals surface area contributed by atoms with E-state index >= 15 is 0 Å². The topological polar surface area (TPSA) is 0 Å². The fourth-order valence-corrected chi connectivity index (χ4v) is 0. The average molecular weight is 335 g/mol. The maximum Gasteiger partial charge on any atom is 3.00 e. The summed E-state index contributed by atoms with van der Waals surface area (Å²) in [4.78, 5) is 0. The van der Waals surface area contributed by atoms with Crippen molar-refractivity contribution in [2.45, 2.75) is 0 Å². The van der Waals surface area contributed by atoms with Gasteiger partial charge in [-0.3, -0.25) is 0 Å². The summed E-state index contributed by atoms with van der Waals surface area (Å²) < 4.78 is 0. The standard InChI is InChI=1S/Ce.3ClH.Y/h;3*1H;/q+3;;;;/p-3. The zero-order chi connectivity index (χ0) is 0. The molecule has 0 saturated heterocycles. The van der Waals surface area contributed by atoms with Gasteiger partial charge in [0.15, 0.2) is 0 Å². The SMILES string of the molecule is [Ce+3].[Cl-].[Cl-].[Cl-].[Y]. The molecule has 0 spiro atoms. The Morgan fingerprint density at radius 1 is 0.600 bits per heavy atom. The Balaban J connectivity index is 0. The van der Waals surface area contributed by atoms with Crippen LogP contribution in [0.3, 0.4) is 0 Å². The minimum atomic E-state index is 0. The molecule has 0 aromatic heterocycles. The molecule has 0 rings (SSSR count). The van der Waals surface area contributed by atoms with Crippen molar-refractivity contribution >= 4 is 0 Å². The molecule has 0 aromatic rings. The van der Waals surface area contributed by atoms with Crippen LogP contribution in [0.15, 0.2) is 0 Å². The van der Waals surface area contributed by atoms with Gasteiger partial charge in [-0.05, 0) is 0 Å². The van der Waals surface area contributed by atoms with Gasteiger partial charge in [0.1, 0.15) is 0 Å². The molecule has 0 N–H and O–H groups in total. The van der Waals surface area contributed by atoms with Gasteiger partial charge in [-0.25, -0.2) is 0 Å². The molecule has 0 aliphatic carbocycles. The number of halogens is 3. The maximum absolute atomic E-state index is 0. The maximum atomic E-state index is 0. The summed E-state index contributed by atoms with van der Waals surface area (Å²) in [5.74, 6) is 0. The van der Waals surface area contributed by atoms with Crippen LogP contribution in [0.2, 0.25) is 0 Å². The van der Waals surface area contributed by atoms with E-state index in [1.807, 2.05) is 0 Å². The third-order valence-corrected chi connectivity index (χ3v) is 0. The van der Waals surface area contributed by atoms with Gasteiger partial charge in [-0.1, -0.05) is 0 Å². The van der Waals surface area contributed by atoms with Crippen LogP contribution in [0, 0.1) is 41.7 Å². The van der Waals surface area contributed by atoms with E-state index < -0.39 is 0 Å². The molecule has 0 nitrogen and oxygen atoms in total. The Morgan fingerprint density at radius 3 is 0.600 bits per heavy atom. The van der Waals surface area contributed by atoms with E-state index in [0.29, 0.717) is 0 Å². The van der Waals surface area contributed by atoms with Gasteiger partial charge < -0.3 is 37.2 Å². The molecule has 5 heteroatoms. The van der Waals surface area contributed by atoms with E-state index in [2.05, 4.69) is 0 Å². The van der Waals surface area contributed by atoms with Crippen LogP contribution in [-0.2, 0) is 32.7 Å². The third-order valence-electron chi connectivity index (χ3n) is 0. The van der Waals surface area contributed by atoms with Gasteiger partial charge in [-0.15, -0.1) is 0 Å². The minimum absolute atomic E-state index is 0. The fraction of sp³-hybridized carbons (Fsp3) is 0. The van der Waals surface area contributed by atoms with Crippen molar-refractivity contribution in [2.24, 2.45) is 0 Å². The molecular weight excluding hydrogens is 335 g/mol. The van der Waals surface area contributed by atoms with Crippen LogP contribution in [0.5, 0.6) is 0 Å². The van der Waals surface area contributed by atoms with E-state index in [9.17, 15) is 0 Å². The normalized spacial score (nSPS) is 0. The summed E-state index contributed by atoms with van der Waals surface area (Å²) in [6.07, 6.45) is 0. The molecule has 2 radical (unpaired) electrons. The second kappa shape index (κ2) is 26.4. The summed E-state index contributed by atoms with van der Waals surface area (Å²) in [6, 6.07) is 0. The first-order valence-electron chi connectivity index (χ1n) is 0. The van der Waals surface area contributed by atoms with E-state index in [4.69, 9.17) is 0 Å². The van der Waals surface area contributed by atoms with Crippen LogP contribution in [-0.4, -0.2) is 0 Å². The average Bonchev–Trinajstić information content (AvgIpc) is 0. The summed E-state index contributed by atoms with van der Waals surface area (Å²) in [5.41, 5.74) is 0. The quantitative estimate of drug-likeness (QED) is 0.413. The van der Waals surface area contributed by atoms with Crippen LogP contribution in [0.4, 0.5) is 0 Å². The first-order valence-corrected chi connectivity index (χ1v) is 0.